The predicted molar refractivity (Wildman–Crippen MR) is 61.3 cm³/mol. The number of nitrogens with one attached hydrogen (secondary N) is 1. The molecular formula is C12H17NO3. The zero-order valence-electron chi connectivity index (χ0n) is 9.51. The van der Waals surface area contributed by atoms with Gasteiger partial charge < -0.3 is 15.2 Å². The Balaban J connectivity index is 2.47. The molecule has 1 aromatic rings. The van der Waals surface area contributed by atoms with E-state index in [2.05, 4.69) is 5.32 Å². The first-order valence-electron chi connectivity index (χ1n) is 5.27. The van der Waals surface area contributed by atoms with E-state index in [1.54, 1.807) is 24.3 Å². The van der Waals surface area contributed by atoms with Crippen LogP contribution in [0.3, 0.4) is 0 Å². The summed E-state index contributed by atoms with van der Waals surface area (Å²) in [6, 6.07) is 8.53. The zero-order valence-corrected chi connectivity index (χ0v) is 9.51. The van der Waals surface area contributed by atoms with E-state index in [0.717, 1.165) is 0 Å². The smallest absolute Gasteiger partial charge is 0.410 e. The van der Waals surface area contributed by atoms with Crippen molar-refractivity contribution in [1.29, 1.82) is 0 Å². The summed E-state index contributed by atoms with van der Waals surface area (Å²) in [6.07, 6.45) is -0.543. The van der Waals surface area contributed by atoms with Gasteiger partial charge >= 0.3 is 6.09 Å². The number of hydrogen-bond acceptors (Lipinski definition) is 3. The van der Waals surface area contributed by atoms with Crippen molar-refractivity contribution < 1.29 is 14.6 Å². The van der Waals surface area contributed by atoms with Gasteiger partial charge in [0.15, 0.2) is 0 Å². The lowest BCUT2D eigenvalue weighted by Crippen LogP contribution is -2.42. The number of hydrogen-bond donors (Lipinski definition) is 2. The van der Waals surface area contributed by atoms with Gasteiger partial charge in [-0.15, -0.1) is 0 Å². The third-order valence-electron chi connectivity index (χ3n) is 2.26. The summed E-state index contributed by atoms with van der Waals surface area (Å²) in [5.74, 6) is 0.647. The van der Waals surface area contributed by atoms with Gasteiger partial charge in [0.25, 0.3) is 0 Å². The van der Waals surface area contributed by atoms with E-state index in [0.29, 0.717) is 5.75 Å². The maximum absolute atomic E-state index is 11.4. The van der Waals surface area contributed by atoms with E-state index < -0.39 is 6.09 Å². The molecule has 0 saturated heterocycles. The molecule has 4 nitrogen and oxygen atoms in total. The van der Waals surface area contributed by atoms with E-state index in [1.807, 2.05) is 19.9 Å². The van der Waals surface area contributed by atoms with Crippen LogP contribution in [0.1, 0.15) is 13.8 Å². The van der Waals surface area contributed by atoms with Crippen LogP contribution in [0.4, 0.5) is 4.79 Å². The highest BCUT2D eigenvalue weighted by molar-refractivity contribution is 5.70. The summed E-state index contributed by atoms with van der Waals surface area (Å²) in [5, 5.41) is 11.6. The van der Waals surface area contributed by atoms with Gasteiger partial charge in [0, 0.05) is 0 Å². The topological polar surface area (TPSA) is 58.6 Å². The maximum Gasteiger partial charge on any atom is 0.412 e. The number of rotatable bonds is 4. The molecule has 1 amide bonds. The van der Waals surface area contributed by atoms with Crippen molar-refractivity contribution in [2.24, 2.45) is 5.92 Å². The second kappa shape index (κ2) is 6.12. The molecule has 2 N–H and O–H groups in total. The van der Waals surface area contributed by atoms with Gasteiger partial charge in [-0.1, -0.05) is 32.0 Å². The molecule has 0 aromatic heterocycles. The molecule has 0 unspecified atom stereocenters. The van der Waals surface area contributed by atoms with E-state index in [4.69, 9.17) is 9.84 Å². The minimum Gasteiger partial charge on any atom is -0.410 e. The Labute approximate surface area is 95.2 Å². The first kappa shape index (κ1) is 12.5. The SMILES string of the molecule is CC(C)[C@H](CO)NC(=O)Oc1ccccc1. The number of amides is 1. The van der Waals surface area contributed by atoms with Gasteiger partial charge in [0.2, 0.25) is 0 Å². The van der Waals surface area contributed by atoms with Gasteiger partial charge in [-0.25, -0.2) is 4.79 Å². The maximum atomic E-state index is 11.4. The van der Waals surface area contributed by atoms with Crippen LogP contribution in [-0.2, 0) is 0 Å². The van der Waals surface area contributed by atoms with E-state index in [9.17, 15) is 4.79 Å². The fourth-order valence-electron chi connectivity index (χ4n) is 1.20. The molecule has 0 spiro atoms. The van der Waals surface area contributed by atoms with Crippen LogP contribution in [0, 0.1) is 5.92 Å². The van der Waals surface area contributed by atoms with E-state index in [-0.39, 0.29) is 18.6 Å². The van der Waals surface area contributed by atoms with E-state index >= 15 is 0 Å². The molecule has 0 heterocycles. The second-order valence-electron chi connectivity index (χ2n) is 3.88. The molecule has 1 aromatic carbocycles. The number of ether oxygens (including phenoxy) is 1. The Morgan fingerprint density at radius 3 is 2.50 bits per heavy atom. The van der Waals surface area contributed by atoms with Crippen LogP contribution >= 0.6 is 0 Å². The van der Waals surface area contributed by atoms with Crippen LogP contribution < -0.4 is 10.1 Å². The summed E-state index contributed by atoms with van der Waals surface area (Å²) in [4.78, 5) is 11.4. The summed E-state index contributed by atoms with van der Waals surface area (Å²) >= 11 is 0. The fourth-order valence-corrected chi connectivity index (χ4v) is 1.20. The van der Waals surface area contributed by atoms with Crippen LogP contribution in [0.15, 0.2) is 30.3 Å². The number of carbonyl (C=O) groups excluding carboxylic acids is 1. The number of aliphatic hydroxyl groups excluding tert-OH is 1. The summed E-state index contributed by atoms with van der Waals surface area (Å²) in [5.41, 5.74) is 0. The first-order valence-corrected chi connectivity index (χ1v) is 5.27. The minimum absolute atomic E-state index is 0.0957. The molecule has 0 saturated carbocycles. The summed E-state index contributed by atoms with van der Waals surface area (Å²) in [7, 11) is 0. The molecule has 0 fully saturated rings. The lowest BCUT2D eigenvalue weighted by molar-refractivity contribution is 0.171. The average Bonchev–Trinajstić information content (AvgIpc) is 2.27. The quantitative estimate of drug-likeness (QED) is 0.818. The molecule has 0 radical (unpaired) electrons. The van der Waals surface area contributed by atoms with Crippen LogP contribution in [0.5, 0.6) is 5.75 Å². The Bertz CT molecular complexity index is 324. The number of para-hydroxylation sites is 1. The van der Waals surface area contributed by atoms with Gasteiger partial charge in [0.1, 0.15) is 5.75 Å². The van der Waals surface area contributed by atoms with Gasteiger partial charge in [-0.05, 0) is 18.1 Å². The standard InChI is InChI=1S/C12H17NO3/c1-9(2)11(8-14)13-12(15)16-10-6-4-3-5-7-10/h3-7,9,11,14H,8H2,1-2H3,(H,13,15)/t11-/m0/s1. The van der Waals surface area contributed by atoms with Crippen LogP contribution in [0.2, 0.25) is 0 Å². The normalized spacial score (nSPS) is 12.2. The third-order valence-corrected chi connectivity index (χ3v) is 2.26. The second-order valence-corrected chi connectivity index (χ2v) is 3.88. The molecule has 0 bridgehead atoms. The van der Waals surface area contributed by atoms with Crippen molar-refractivity contribution in [2.75, 3.05) is 6.61 Å². The zero-order chi connectivity index (χ0) is 12.0. The Morgan fingerprint density at radius 2 is 2.00 bits per heavy atom. The third kappa shape index (κ3) is 3.90. The molecule has 16 heavy (non-hydrogen) atoms. The summed E-state index contributed by atoms with van der Waals surface area (Å²) in [6.45, 7) is 3.74. The molecule has 0 aliphatic rings. The highest BCUT2D eigenvalue weighted by Crippen LogP contribution is 2.09. The Kier molecular flexibility index (Phi) is 4.79. The van der Waals surface area contributed by atoms with Crippen molar-refractivity contribution >= 4 is 6.09 Å². The Morgan fingerprint density at radius 1 is 1.38 bits per heavy atom. The number of benzene rings is 1. The lowest BCUT2D eigenvalue weighted by atomic mass is 10.1. The monoisotopic (exact) mass is 223 g/mol. The van der Waals surface area contributed by atoms with Gasteiger partial charge in [-0.3, -0.25) is 0 Å². The van der Waals surface area contributed by atoms with Gasteiger partial charge in [-0.2, -0.15) is 0 Å². The molecular weight excluding hydrogens is 206 g/mol. The van der Waals surface area contributed by atoms with Crippen LogP contribution in [-0.4, -0.2) is 23.8 Å². The van der Waals surface area contributed by atoms with Crippen molar-refractivity contribution in [3.8, 4) is 5.75 Å². The fraction of sp³-hybridized carbons (Fsp3) is 0.417. The van der Waals surface area contributed by atoms with Crippen molar-refractivity contribution in [1.82, 2.24) is 5.32 Å². The first-order chi connectivity index (χ1) is 7.63. The molecule has 1 rings (SSSR count). The van der Waals surface area contributed by atoms with Crippen molar-refractivity contribution in [3.63, 3.8) is 0 Å². The molecule has 0 aliphatic heterocycles. The van der Waals surface area contributed by atoms with Crippen LogP contribution in [0.25, 0.3) is 0 Å². The van der Waals surface area contributed by atoms with Crippen molar-refractivity contribution in [2.45, 2.75) is 19.9 Å². The van der Waals surface area contributed by atoms with E-state index in [1.165, 1.54) is 0 Å². The molecule has 88 valence electrons. The highest BCUT2D eigenvalue weighted by Gasteiger charge is 2.15. The Hall–Kier alpha value is -1.55. The largest absolute Gasteiger partial charge is 0.412 e. The molecule has 0 aliphatic carbocycles. The lowest BCUT2D eigenvalue weighted by Gasteiger charge is -2.19. The predicted octanol–water partition coefficient (Wildman–Crippen LogP) is 1.79. The molecule has 4 heteroatoms. The minimum atomic E-state index is -0.543. The van der Waals surface area contributed by atoms with Gasteiger partial charge in [0.05, 0.1) is 12.6 Å². The number of aliphatic hydroxyl groups is 1. The number of carbonyl (C=O) groups is 1. The molecule has 1 atom stereocenters. The average molecular weight is 223 g/mol. The summed E-state index contributed by atoms with van der Waals surface area (Å²) < 4.78 is 5.04. The highest BCUT2D eigenvalue weighted by atomic mass is 16.6. The van der Waals surface area contributed by atoms with Crippen molar-refractivity contribution in [3.05, 3.63) is 30.3 Å².